The average molecular weight is 563 g/mol. The maximum Gasteiger partial charge on any atom is 0.326 e. The second-order valence-electron chi connectivity index (χ2n) is 8.92. The lowest BCUT2D eigenvalue weighted by Crippen LogP contribution is -2.58. The number of carboxylic acid groups (broad SMARTS) is 2. The number of aromatic nitrogens is 1. The molecule has 1 aromatic heterocycles. The molecule has 4 atom stereocenters. The van der Waals surface area contributed by atoms with Crippen LogP contribution in [0.15, 0.2) is 35.5 Å². The summed E-state index contributed by atoms with van der Waals surface area (Å²) >= 11 is 0. The van der Waals surface area contributed by atoms with Gasteiger partial charge in [0.05, 0.1) is 13.0 Å². The van der Waals surface area contributed by atoms with Crippen molar-refractivity contribution in [3.8, 4) is 0 Å². The summed E-state index contributed by atoms with van der Waals surface area (Å²) in [7, 11) is 0. The van der Waals surface area contributed by atoms with Gasteiger partial charge in [-0.3, -0.25) is 24.2 Å². The van der Waals surface area contributed by atoms with E-state index in [1.807, 2.05) is 0 Å². The summed E-state index contributed by atoms with van der Waals surface area (Å²) in [5, 5.41) is 35.4. The van der Waals surface area contributed by atoms with E-state index < -0.39 is 66.9 Å². The number of rotatable bonds is 16. The highest BCUT2D eigenvalue weighted by Gasteiger charge is 2.31. The number of amides is 3. The SMILES string of the molecule is NC(N)=NCCCC(NC(=O)C(N)CO)C(=O)NC(Cc1c[nH]c2ccccc12)C(=O)NC(CC(=O)O)C(=O)O. The number of hydrogen-bond donors (Lipinski definition) is 10. The van der Waals surface area contributed by atoms with Crippen molar-refractivity contribution < 1.29 is 39.3 Å². The van der Waals surface area contributed by atoms with Crippen LogP contribution in [0.3, 0.4) is 0 Å². The van der Waals surface area contributed by atoms with Crippen LogP contribution in [0.1, 0.15) is 24.8 Å². The molecule has 0 aliphatic heterocycles. The Labute approximate surface area is 228 Å². The van der Waals surface area contributed by atoms with E-state index in [1.54, 1.807) is 30.5 Å². The van der Waals surface area contributed by atoms with Crippen LogP contribution in [0, 0.1) is 0 Å². The molecule has 13 N–H and O–H groups in total. The summed E-state index contributed by atoms with van der Waals surface area (Å²) in [6.07, 6.45) is 0.884. The molecule has 0 spiro atoms. The molecule has 0 fully saturated rings. The molecular weight excluding hydrogens is 528 g/mol. The maximum atomic E-state index is 13.3. The Balaban J connectivity index is 2.33. The first-order valence-electron chi connectivity index (χ1n) is 12.3. The summed E-state index contributed by atoms with van der Waals surface area (Å²) in [6.45, 7) is -0.553. The maximum absolute atomic E-state index is 13.3. The van der Waals surface area contributed by atoms with E-state index in [0.29, 0.717) is 5.56 Å². The number of aliphatic hydroxyl groups is 1. The number of para-hydroxylation sites is 1. The van der Waals surface area contributed by atoms with Gasteiger partial charge >= 0.3 is 11.9 Å². The fourth-order valence-corrected chi connectivity index (χ4v) is 3.78. The van der Waals surface area contributed by atoms with Crippen LogP contribution in [0.4, 0.5) is 0 Å². The number of hydrogen-bond acceptors (Lipinski definition) is 8. The predicted octanol–water partition coefficient (Wildman–Crippen LogP) is -2.90. The second-order valence-corrected chi connectivity index (χ2v) is 8.92. The molecule has 2 aromatic rings. The zero-order valence-corrected chi connectivity index (χ0v) is 21.5. The van der Waals surface area contributed by atoms with Gasteiger partial charge in [0.15, 0.2) is 5.96 Å². The van der Waals surface area contributed by atoms with Crippen molar-refractivity contribution in [3.63, 3.8) is 0 Å². The van der Waals surface area contributed by atoms with Crippen LogP contribution in [-0.2, 0) is 30.4 Å². The molecule has 0 saturated heterocycles. The number of aliphatic hydroxyl groups excluding tert-OH is 1. The molecular formula is C24H34N8O8. The van der Waals surface area contributed by atoms with Gasteiger partial charge in [0.1, 0.15) is 24.2 Å². The Morgan fingerprint density at radius 3 is 2.17 bits per heavy atom. The first kappa shape index (κ1) is 31.5. The number of carbonyl (C=O) groups is 5. The number of carbonyl (C=O) groups excluding carboxylic acids is 3. The first-order chi connectivity index (χ1) is 18.9. The minimum atomic E-state index is -1.76. The number of aliphatic carboxylic acids is 2. The number of nitrogens with zero attached hydrogens (tertiary/aromatic N) is 1. The Bertz CT molecular complexity index is 1240. The lowest BCUT2D eigenvalue weighted by molar-refractivity contribution is -0.147. The third-order valence-electron chi connectivity index (χ3n) is 5.84. The van der Waals surface area contributed by atoms with Crippen LogP contribution >= 0.6 is 0 Å². The van der Waals surface area contributed by atoms with E-state index in [2.05, 4.69) is 25.9 Å². The van der Waals surface area contributed by atoms with E-state index in [0.717, 1.165) is 10.9 Å². The van der Waals surface area contributed by atoms with Gasteiger partial charge in [0, 0.05) is 30.1 Å². The average Bonchev–Trinajstić information content (AvgIpc) is 3.31. The number of H-pyrrole nitrogens is 1. The molecule has 0 aliphatic carbocycles. The summed E-state index contributed by atoms with van der Waals surface area (Å²) in [5.41, 5.74) is 17.5. The van der Waals surface area contributed by atoms with Crippen molar-refractivity contribution in [1.82, 2.24) is 20.9 Å². The Hall–Kier alpha value is -4.70. The van der Waals surface area contributed by atoms with Crippen molar-refractivity contribution in [3.05, 3.63) is 36.0 Å². The van der Waals surface area contributed by atoms with E-state index in [-0.39, 0.29) is 31.8 Å². The Morgan fingerprint density at radius 1 is 0.925 bits per heavy atom. The molecule has 2 rings (SSSR count). The van der Waals surface area contributed by atoms with Crippen molar-refractivity contribution in [2.75, 3.05) is 13.2 Å². The van der Waals surface area contributed by atoms with Gasteiger partial charge in [-0.05, 0) is 24.5 Å². The number of benzene rings is 1. The third-order valence-corrected chi connectivity index (χ3v) is 5.84. The molecule has 3 amide bonds. The summed E-state index contributed by atoms with van der Waals surface area (Å²) < 4.78 is 0. The molecule has 218 valence electrons. The van der Waals surface area contributed by atoms with Crippen LogP contribution in [0.25, 0.3) is 10.9 Å². The normalized spacial score (nSPS) is 13.8. The van der Waals surface area contributed by atoms with Crippen LogP contribution in [-0.4, -0.2) is 93.2 Å². The summed E-state index contributed by atoms with van der Waals surface area (Å²) in [5.74, 6) is -5.78. The first-order valence-corrected chi connectivity index (χ1v) is 12.3. The minimum absolute atomic E-state index is 0.0185. The van der Waals surface area contributed by atoms with E-state index in [9.17, 15) is 34.2 Å². The second kappa shape index (κ2) is 15.0. The van der Waals surface area contributed by atoms with Crippen molar-refractivity contribution in [2.45, 2.75) is 49.9 Å². The fourth-order valence-electron chi connectivity index (χ4n) is 3.78. The fraction of sp³-hybridized carbons (Fsp3) is 0.417. The zero-order valence-electron chi connectivity index (χ0n) is 21.5. The smallest absolute Gasteiger partial charge is 0.326 e. The predicted molar refractivity (Wildman–Crippen MR) is 143 cm³/mol. The number of carboxylic acids is 2. The van der Waals surface area contributed by atoms with Crippen molar-refractivity contribution >= 4 is 46.5 Å². The molecule has 16 nitrogen and oxygen atoms in total. The summed E-state index contributed by atoms with van der Waals surface area (Å²) in [4.78, 5) is 68.3. The highest BCUT2D eigenvalue weighted by atomic mass is 16.4. The number of nitrogens with two attached hydrogens (primary N) is 3. The molecule has 4 unspecified atom stereocenters. The standard InChI is InChI=1S/C24H34N8O8/c25-14(11-33)20(36)30-16(6-3-7-28-24(26)27)21(37)31-17(22(38)32-18(23(39)40)9-19(34)35)8-12-10-29-15-5-2-1-4-13(12)15/h1-2,4-5,10,14,16-18,29,33H,3,6-9,11,25H2,(H,30,36)(H,31,37)(H,32,38)(H,34,35)(H,39,40)(H4,26,27,28). The molecule has 1 heterocycles. The van der Waals surface area contributed by atoms with Gasteiger partial charge in [0.25, 0.3) is 0 Å². The molecule has 0 aliphatic rings. The van der Waals surface area contributed by atoms with Crippen LogP contribution in [0.5, 0.6) is 0 Å². The molecule has 1 aromatic carbocycles. The van der Waals surface area contributed by atoms with Crippen LogP contribution in [0.2, 0.25) is 0 Å². The monoisotopic (exact) mass is 562 g/mol. The highest BCUT2D eigenvalue weighted by molar-refractivity contribution is 5.95. The van der Waals surface area contributed by atoms with E-state index in [1.165, 1.54) is 0 Å². The highest BCUT2D eigenvalue weighted by Crippen LogP contribution is 2.19. The van der Waals surface area contributed by atoms with E-state index >= 15 is 0 Å². The quantitative estimate of drug-likeness (QED) is 0.0562. The molecule has 40 heavy (non-hydrogen) atoms. The largest absolute Gasteiger partial charge is 0.481 e. The van der Waals surface area contributed by atoms with Gasteiger partial charge in [-0.15, -0.1) is 0 Å². The molecule has 0 radical (unpaired) electrons. The van der Waals surface area contributed by atoms with E-state index in [4.69, 9.17) is 22.3 Å². The number of aromatic amines is 1. The third kappa shape index (κ3) is 9.55. The molecule has 0 bridgehead atoms. The van der Waals surface area contributed by atoms with Gasteiger partial charge in [0.2, 0.25) is 17.7 Å². The number of aliphatic imine (C=N–C) groups is 1. The molecule has 16 heteroatoms. The lowest BCUT2D eigenvalue weighted by Gasteiger charge is -2.25. The van der Waals surface area contributed by atoms with Gasteiger partial charge in [-0.2, -0.15) is 0 Å². The molecule has 0 saturated carbocycles. The number of guanidine groups is 1. The van der Waals surface area contributed by atoms with Crippen molar-refractivity contribution in [2.24, 2.45) is 22.2 Å². The zero-order chi connectivity index (χ0) is 29.8. The van der Waals surface area contributed by atoms with Gasteiger partial charge in [-0.25, -0.2) is 4.79 Å². The topological polar surface area (TPSA) is 288 Å². The number of nitrogens with one attached hydrogen (secondary N) is 4. The number of fused-ring (bicyclic) bond motifs is 1. The van der Waals surface area contributed by atoms with Gasteiger partial charge < -0.3 is 53.5 Å². The Kier molecular flexibility index (Phi) is 11.8. The summed E-state index contributed by atoms with van der Waals surface area (Å²) in [6, 6.07) is 1.48. The van der Waals surface area contributed by atoms with Crippen LogP contribution < -0.4 is 33.2 Å². The minimum Gasteiger partial charge on any atom is -0.481 e. The Morgan fingerprint density at radius 2 is 1.55 bits per heavy atom. The van der Waals surface area contributed by atoms with Crippen molar-refractivity contribution in [1.29, 1.82) is 0 Å². The lowest BCUT2D eigenvalue weighted by atomic mass is 10.0. The van der Waals surface area contributed by atoms with Gasteiger partial charge in [-0.1, -0.05) is 18.2 Å².